The zero-order chi connectivity index (χ0) is 11.8. The molecule has 1 aromatic rings. The van der Waals surface area contributed by atoms with Crippen LogP contribution in [0.1, 0.15) is 19.4 Å². The Morgan fingerprint density at radius 3 is 2.81 bits per heavy atom. The van der Waals surface area contributed by atoms with E-state index in [1.54, 1.807) is 4.90 Å². The average Bonchev–Trinajstić information content (AvgIpc) is 2.52. The number of carbonyl (C=O) groups excluding carboxylic acids is 1. The number of hydrogen-bond donors (Lipinski definition) is 2. The molecular weight excluding hydrogens is 202 g/mol. The number of nitrogens with one attached hydrogen (secondary N) is 1. The summed E-state index contributed by atoms with van der Waals surface area (Å²) in [6, 6.07) is 7.74. The van der Waals surface area contributed by atoms with Gasteiger partial charge in [-0.1, -0.05) is 12.1 Å². The van der Waals surface area contributed by atoms with Crippen LogP contribution in [0.3, 0.4) is 0 Å². The number of hydrogen-bond acceptors (Lipinski definition) is 2. The summed E-state index contributed by atoms with van der Waals surface area (Å²) in [5, 5.41) is 2.93. The molecule has 1 aliphatic heterocycles. The molecule has 0 bridgehead atoms. The average molecular weight is 219 g/mol. The molecule has 1 saturated heterocycles. The van der Waals surface area contributed by atoms with Crippen LogP contribution in [-0.2, 0) is 6.54 Å². The first kappa shape index (κ1) is 11.0. The monoisotopic (exact) mass is 219 g/mol. The van der Waals surface area contributed by atoms with Gasteiger partial charge in [0.1, 0.15) is 0 Å². The SMILES string of the molecule is CC1(C)CN(c2cccc(CN)c2)C(=O)N1. The van der Waals surface area contributed by atoms with E-state index in [1.807, 2.05) is 38.1 Å². The fourth-order valence-electron chi connectivity index (χ4n) is 1.92. The summed E-state index contributed by atoms with van der Waals surface area (Å²) >= 11 is 0. The lowest BCUT2D eigenvalue weighted by molar-refractivity contribution is 0.249. The van der Waals surface area contributed by atoms with Gasteiger partial charge in [-0.15, -0.1) is 0 Å². The van der Waals surface area contributed by atoms with E-state index >= 15 is 0 Å². The van der Waals surface area contributed by atoms with E-state index in [0.29, 0.717) is 13.1 Å². The van der Waals surface area contributed by atoms with Crippen LogP contribution in [0.2, 0.25) is 0 Å². The number of anilines is 1. The zero-order valence-corrected chi connectivity index (χ0v) is 9.66. The molecule has 1 heterocycles. The predicted octanol–water partition coefficient (Wildman–Crippen LogP) is 1.45. The highest BCUT2D eigenvalue weighted by Gasteiger charge is 2.35. The maximum absolute atomic E-state index is 11.8. The van der Waals surface area contributed by atoms with Crippen LogP contribution in [0.4, 0.5) is 10.5 Å². The van der Waals surface area contributed by atoms with Gasteiger partial charge < -0.3 is 11.1 Å². The molecule has 0 atom stereocenters. The smallest absolute Gasteiger partial charge is 0.322 e. The lowest BCUT2D eigenvalue weighted by Gasteiger charge is -2.18. The molecule has 2 amide bonds. The van der Waals surface area contributed by atoms with Gasteiger partial charge in [-0.3, -0.25) is 4.90 Å². The van der Waals surface area contributed by atoms with E-state index in [0.717, 1.165) is 11.3 Å². The molecule has 0 radical (unpaired) electrons. The van der Waals surface area contributed by atoms with Crippen molar-refractivity contribution in [1.82, 2.24) is 5.32 Å². The van der Waals surface area contributed by atoms with Crippen molar-refractivity contribution in [3.63, 3.8) is 0 Å². The van der Waals surface area contributed by atoms with Crippen LogP contribution in [0.15, 0.2) is 24.3 Å². The highest BCUT2D eigenvalue weighted by atomic mass is 16.2. The van der Waals surface area contributed by atoms with Crippen molar-refractivity contribution < 1.29 is 4.79 Å². The second-order valence-electron chi connectivity index (χ2n) is 4.77. The van der Waals surface area contributed by atoms with E-state index in [1.165, 1.54) is 0 Å². The maximum atomic E-state index is 11.8. The Bertz CT molecular complexity index is 414. The summed E-state index contributed by atoms with van der Waals surface area (Å²) in [5.74, 6) is 0. The van der Waals surface area contributed by atoms with Gasteiger partial charge >= 0.3 is 6.03 Å². The molecule has 0 saturated carbocycles. The number of nitrogens with two attached hydrogens (primary N) is 1. The minimum Gasteiger partial charge on any atom is -0.331 e. The number of rotatable bonds is 2. The van der Waals surface area contributed by atoms with Crippen molar-refractivity contribution in [2.75, 3.05) is 11.4 Å². The number of urea groups is 1. The van der Waals surface area contributed by atoms with E-state index < -0.39 is 0 Å². The molecule has 1 aliphatic rings. The molecule has 2 rings (SSSR count). The summed E-state index contributed by atoms with van der Waals surface area (Å²) in [6.07, 6.45) is 0. The van der Waals surface area contributed by atoms with Gasteiger partial charge in [0.2, 0.25) is 0 Å². The lowest BCUT2D eigenvalue weighted by Crippen LogP contribution is -2.36. The normalized spacial score (nSPS) is 18.7. The summed E-state index contributed by atoms with van der Waals surface area (Å²) in [5.41, 5.74) is 7.36. The van der Waals surface area contributed by atoms with E-state index in [-0.39, 0.29) is 11.6 Å². The first-order valence-electron chi connectivity index (χ1n) is 5.40. The van der Waals surface area contributed by atoms with Crippen molar-refractivity contribution in [3.8, 4) is 0 Å². The first-order chi connectivity index (χ1) is 7.52. The van der Waals surface area contributed by atoms with Crippen molar-refractivity contribution >= 4 is 11.7 Å². The largest absolute Gasteiger partial charge is 0.331 e. The summed E-state index contributed by atoms with van der Waals surface area (Å²) in [7, 11) is 0. The van der Waals surface area contributed by atoms with Crippen molar-refractivity contribution in [3.05, 3.63) is 29.8 Å². The topological polar surface area (TPSA) is 58.4 Å². The van der Waals surface area contributed by atoms with Gasteiger partial charge in [-0.25, -0.2) is 4.79 Å². The Morgan fingerprint density at radius 1 is 1.50 bits per heavy atom. The molecule has 4 nitrogen and oxygen atoms in total. The lowest BCUT2D eigenvalue weighted by atomic mass is 10.1. The van der Waals surface area contributed by atoms with Crippen molar-refractivity contribution in [2.45, 2.75) is 25.9 Å². The predicted molar refractivity (Wildman–Crippen MR) is 64.3 cm³/mol. The third kappa shape index (κ3) is 2.02. The van der Waals surface area contributed by atoms with E-state index in [2.05, 4.69) is 5.32 Å². The Labute approximate surface area is 95.4 Å². The number of nitrogens with zero attached hydrogens (tertiary/aromatic N) is 1. The molecule has 1 fully saturated rings. The van der Waals surface area contributed by atoms with Crippen LogP contribution >= 0.6 is 0 Å². The number of benzene rings is 1. The fourth-order valence-corrected chi connectivity index (χ4v) is 1.92. The molecule has 3 N–H and O–H groups in total. The second-order valence-corrected chi connectivity index (χ2v) is 4.77. The Hall–Kier alpha value is -1.55. The minimum atomic E-state index is -0.171. The second kappa shape index (κ2) is 3.79. The van der Waals surface area contributed by atoms with Gasteiger partial charge in [-0.05, 0) is 31.5 Å². The zero-order valence-electron chi connectivity index (χ0n) is 9.66. The summed E-state index contributed by atoms with van der Waals surface area (Å²) in [4.78, 5) is 13.5. The van der Waals surface area contributed by atoms with Gasteiger partial charge in [0.25, 0.3) is 0 Å². The minimum absolute atomic E-state index is 0.0424. The highest BCUT2D eigenvalue weighted by Crippen LogP contribution is 2.23. The summed E-state index contributed by atoms with van der Waals surface area (Å²) < 4.78 is 0. The maximum Gasteiger partial charge on any atom is 0.322 e. The number of amides is 2. The van der Waals surface area contributed by atoms with Crippen molar-refractivity contribution in [2.24, 2.45) is 5.73 Å². The third-order valence-electron chi connectivity index (χ3n) is 2.70. The number of carbonyl (C=O) groups is 1. The van der Waals surface area contributed by atoms with E-state index in [4.69, 9.17) is 5.73 Å². The summed E-state index contributed by atoms with van der Waals surface area (Å²) in [6.45, 7) is 5.20. The van der Waals surface area contributed by atoms with Gasteiger partial charge in [0, 0.05) is 12.2 Å². The van der Waals surface area contributed by atoms with Gasteiger partial charge in [-0.2, -0.15) is 0 Å². The molecule has 16 heavy (non-hydrogen) atoms. The Morgan fingerprint density at radius 2 is 2.25 bits per heavy atom. The third-order valence-corrected chi connectivity index (χ3v) is 2.70. The molecule has 86 valence electrons. The van der Waals surface area contributed by atoms with Crippen molar-refractivity contribution in [1.29, 1.82) is 0 Å². The van der Waals surface area contributed by atoms with Crippen LogP contribution in [0.25, 0.3) is 0 Å². The molecule has 0 aliphatic carbocycles. The molecule has 4 heteroatoms. The Kier molecular flexibility index (Phi) is 2.59. The van der Waals surface area contributed by atoms with Crippen LogP contribution in [0, 0.1) is 0 Å². The van der Waals surface area contributed by atoms with Crippen LogP contribution in [0.5, 0.6) is 0 Å². The fraction of sp³-hybridized carbons (Fsp3) is 0.417. The van der Waals surface area contributed by atoms with E-state index in [9.17, 15) is 4.79 Å². The van der Waals surface area contributed by atoms with Crippen LogP contribution < -0.4 is 16.0 Å². The standard InChI is InChI=1S/C12H17N3O/c1-12(2)8-15(11(16)14-12)10-5-3-4-9(6-10)7-13/h3-6H,7-8,13H2,1-2H3,(H,14,16). The quantitative estimate of drug-likeness (QED) is 0.791. The van der Waals surface area contributed by atoms with Gasteiger partial charge in [0.15, 0.2) is 0 Å². The molecule has 0 spiro atoms. The molecule has 1 aromatic carbocycles. The molecule has 0 aromatic heterocycles. The Balaban J connectivity index is 2.27. The molecular formula is C12H17N3O. The van der Waals surface area contributed by atoms with Gasteiger partial charge in [0.05, 0.1) is 12.1 Å². The first-order valence-corrected chi connectivity index (χ1v) is 5.40. The highest BCUT2D eigenvalue weighted by molar-refractivity contribution is 5.95. The molecule has 0 unspecified atom stereocenters. The van der Waals surface area contributed by atoms with Crippen LogP contribution in [-0.4, -0.2) is 18.1 Å².